The van der Waals surface area contributed by atoms with Crippen LogP contribution in [0.3, 0.4) is 0 Å². The molecule has 0 atom stereocenters. The van der Waals surface area contributed by atoms with Gasteiger partial charge in [-0.25, -0.2) is 11.0 Å². The van der Waals surface area contributed by atoms with E-state index < -0.39 is 5.82 Å². The van der Waals surface area contributed by atoms with E-state index in [0.717, 1.165) is 5.69 Å². The Balaban J connectivity index is 2.43. The summed E-state index contributed by atoms with van der Waals surface area (Å²) >= 11 is 0. The van der Waals surface area contributed by atoms with Gasteiger partial charge in [-0.3, -0.25) is 0 Å². The zero-order valence-electron chi connectivity index (χ0n) is 9.65. The predicted molar refractivity (Wildman–Crippen MR) is 70.8 cm³/mol. The molecule has 2 aromatic carbocycles. The number of nitrogens with one attached hydrogen (secondary N) is 1. The molecule has 0 heterocycles. The quantitative estimate of drug-likeness (QED) is 0.637. The summed E-state index contributed by atoms with van der Waals surface area (Å²) in [6.45, 7) is 6.84. The summed E-state index contributed by atoms with van der Waals surface area (Å²) in [5.74, 6) is -0.418. The molecule has 2 aromatic rings. The molecule has 0 unspecified atom stereocenters. The lowest BCUT2D eigenvalue weighted by Gasteiger charge is -2.12. The fraction of sp³-hybridized carbons (Fsp3) is 0.0714. The third-order valence-corrected chi connectivity index (χ3v) is 2.57. The summed E-state index contributed by atoms with van der Waals surface area (Å²) in [4.78, 5) is 3.22. The van der Waals surface area contributed by atoms with Crippen molar-refractivity contribution < 1.29 is 4.39 Å². The van der Waals surface area contributed by atoms with Crippen LogP contribution in [-0.4, -0.2) is 0 Å². The first-order valence-corrected chi connectivity index (χ1v) is 5.44. The molecule has 3 nitrogen and oxygen atoms in total. The Morgan fingerprint density at radius 1 is 1.17 bits per heavy atom. The molecule has 2 rings (SSSR count). The molecule has 0 saturated carbocycles. The van der Waals surface area contributed by atoms with Gasteiger partial charge in [-0.05, 0) is 24.3 Å². The van der Waals surface area contributed by atoms with Gasteiger partial charge in [0.15, 0.2) is 0 Å². The average Bonchev–Trinajstić information content (AvgIpc) is 2.39. The maximum absolute atomic E-state index is 13.7. The van der Waals surface area contributed by atoms with Crippen molar-refractivity contribution in [3.63, 3.8) is 0 Å². The zero-order chi connectivity index (χ0) is 13.0. The number of hydrogen-bond donors (Lipinski definition) is 2. The Hall–Kier alpha value is -2.54. The minimum atomic E-state index is -0.418. The normalized spacial score (nSPS) is 9.78. The molecule has 0 aromatic heterocycles. The van der Waals surface area contributed by atoms with Gasteiger partial charge in [-0.1, -0.05) is 18.2 Å². The summed E-state index contributed by atoms with van der Waals surface area (Å²) < 4.78 is 13.7. The lowest BCUT2D eigenvalue weighted by atomic mass is 10.1. The fourth-order valence-electron chi connectivity index (χ4n) is 1.69. The van der Waals surface area contributed by atoms with E-state index in [1.54, 1.807) is 0 Å². The van der Waals surface area contributed by atoms with Crippen LogP contribution in [0.25, 0.3) is 4.85 Å². The Morgan fingerprint density at radius 2 is 1.89 bits per heavy atom. The van der Waals surface area contributed by atoms with Crippen LogP contribution in [0.5, 0.6) is 0 Å². The third kappa shape index (κ3) is 2.41. The molecule has 0 bridgehead atoms. The monoisotopic (exact) mass is 241 g/mol. The smallest absolute Gasteiger partial charge is 0.244 e. The summed E-state index contributed by atoms with van der Waals surface area (Å²) in [6.07, 6.45) is 0. The number of benzene rings is 2. The second kappa shape index (κ2) is 5.19. The first kappa shape index (κ1) is 11.9. The van der Waals surface area contributed by atoms with Crippen molar-refractivity contribution in [3.8, 4) is 0 Å². The topological polar surface area (TPSA) is 42.4 Å². The van der Waals surface area contributed by atoms with Crippen LogP contribution in [0, 0.1) is 12.4 Å². The zero-order valence-corrected chi connectivity index (χ0v) is 9.65. The molecule has 0 fully saturated rings. The molecule has 0 amide bonds. The van der Waals surface area contributed by atoms with Gasteiger partial charge in [0.25, 0.3) is 0 Å². The van der Waals surface area contributed by atoms with Gasteiger partial charge in [0.2, 0.25) is 6.54 Å². The average molecular weight is 241 g/mol. The molecule has 0 aliphatic heterocycles. The van der Waals surface area contributed by atoms with Gasteiger partial charge in [0.05, 0.1) is 16.9 Å². The minimum absolute atomic E-state index is 0.0357. The van der Waals surface area contributed by atoms with E-state index in [1.165, 1.54) is 12.1 Å². The maximum Gasteiger partial charge on any atom is 0.244 e. The van der Waals surface area contributed by atoms with Crippen LogP contribution in [-0.2, 0) is 6.54 Å². The number of nitrogens with two attached hydrogens (primary N) is 1. The van der Waals surface area contributed by atoms with Crippen molar-refractivity contribution in [2.45, 2.75) is 6.54 Å². The molecular weight excluding hydrogens is 229 g/mol. The fourth-order valence-corrected chi connectivity index (χ4v) is 1.69. The second-order valence-corrected chi connectivity index (χ2v) is 3.80. The second-order valence-electron chi connectivity index (χ2n) is 3.80. The van der Waals surface area contributed by atoms with E-state index in [4.69, 9.17) is 12.3 Å². The van der Waals surface area contributed by atoms with Crippen molar-refractivity contribution >= 4 is 17.1 Å². The van der Waals surface area contributed by atoms with Crippen LogP contribution in [0.15, 0.2) is 42.5 Å². The van der Waals surface area contributed by atoms with E-state index >= 15 is 0 Å². The highest BCUT2D eigenvalue weighted by Gasteiger charge is 2.14. The van der Waals surface area contributed by atoms with Crippen molar-refractivity contribution in [3.05, 3.63) is 65.3 Å². The van der Waals surface area contributed by atoms with E-state index in [0.29, 0.717) is 16.9 Å². The van der Waals surface area contributed by atoms with Crippen LogP contribution in [0.2, 0.25) is 0 Å². The first-order chi connectivity index (χ1) is 8.72. The predicted octanol–water partition coefficient (Wildman–Crippen LogP) is 3.57. The molecule has 3 N–H and O–H groups in total. The summed E-state index contributed by atoms with van der Waals surface area (Å²) in [7, 11) is 0. The highest BCUT2D eigenvalue weighted by Crippen LogP contribution is 2.30. The van der Waals surface area contributed by atoms with Gasteiger partial charge in [-0.15, -0.1) is 0 Å². The first-order valence-electron chi connectivity index (χ1n) is 5.44. The van der Waals surface area contributed by atoms with Gasteiger partial charge in [0, 0.05) is 5.69 Å². The van der Waals surface area contributed by atoms with E-state index in [2.05, 4.69) is 10.2 Å². The van der Waals surface area contributed by atoms with Crippen molar-refractivity contribution in [1.82, 2.24) is 0 Å². The van der Waals surface area contributed by atoms with Crippen LogP contribution < -0.4 is 11.1 Å². The molecule has 0 aliphatic carbocycles. The van der Waals surface area contributed by atoms with Gasteiger partial charge in [0.1, 0.15) is 5.82 Å². The Morgan fingerprint density at radius 3 is 2.56 bits per heavy atom. The summed E-state index contributed by atoms with van der Waals surface area (Å²) in [6, 6.07) is 12.1. The van der Waals surface area contributed by atoms with Gasteiger partial charge >= 0.3 is 0 Å². The van der Waals surface area contributed by atoms with E-state index in [-0.39, 0.29) is 6.54 Å². The molecule has 0 radical (unpaired) electrons. The number of para-hydroxylation sites is 1. The standard InChI is InChI=1S/C14H12FN3/c1-17-9-11-12(15)7-8-13(16)14(11)18-10-5-3-2-4-6-10/h2-8,18H,9,16H2. The van der Waals surface area contributed by atoms with Crippen LogP contribution in [0.1, 0.15) is 5.56 Å². The molecule has 0 aliphatic rings. The number of rotatable bonds is 3. The Bertz CT molecular complexity index is 588. The molecule has 18 heavy (non-hydrogen) atoms. The Kier molecular flexibility index (Phi) is 3.44. The molecule has 90 valence electrons. The summed E-state index contributed by atoms with van der Waals surface area (Å²) in [5.41, 5.74) is 7.84. The van der Waals surface area contributed by atoms with Crippen molar-refractivity contribution in [2.75, 3.05) is 11.1 Å². The van der Waals surface area contributed by atoms with Gasteiger partial charge in [-0.2, -0.15) is 0 Å². The highest BCUT2D eigenvalue weighted by molar-refractivity contribution is 5.76. The molecule has 0 saturated heterocycles. The number of hydrogen-bond acceptors (Lipinski definition) is 2. The Labute approximate surface area is 105 Å². The molecule has 4 heteroatoms. The number of nitrogens with zero attached hydrogens (tertiary/aromatic N) is 1. The highest BCUT2D eigenvalue weighted by atomic mass is 19.1. The largest absolute Gasteiger partial charge is 0.397 e. The van der Waals surface area contributed by atoms with Crippen LogP contribution in [0.4, 0.5) is 21.5 Å². The SMILES string of the molecule is [C-]#[N+]Cc1c(F)ccc(N)c1Nc1ccccc1. The van der Waals surface area contributed by atoms with E-state index in [9.17, 15) is 4.39 Å². The minimum Gasteiger partial charge on any atom is -0.397 e. The number of anilines is 3. The lowest BCUT2D eigenvalue weighted by Crippen LogP contribution is -2.02. The maximum atomic E-state index is 13.7. The lowest BCUT2D eigenvalue weighted by molar-refractivity contribution is 0.616. The molecule has 0 spiro atoms. The van der Waals surface area contributed by atoms with Crippen molar-refractivity contribution in [1.29, 1.82) is 0 Å². The van der Waals surface area contributed by atoms with Crippen molar-refractivity contribution in [2.24, 2.45) is 0 Å². The molecular formula is C14H12FN3. The number of nitrogen functional groups attached to an aromatic ring is 1. The van der Waals surface area contributed by atoms with E-state index in [1.807, 2.05) is 30.3 Å². The third-order valence-electron chi connectivity index (χ3n) is 2.57. The summed E-state index contributed by atoms with van der Waals surface area (Å²) in [5, 5.41) is 3.06. The number of halogens is 1. The van der Waals surface area contributed by atoms with Gasteiger partial charge < -0.3 is 15.9 Å². The van der Waals surface area contributed by atoms with Crippen LogP contribution >= 0.6 is 0 Å².